The maximum atomic E-state index is 11.6. The first-order valence-corrected chi connectivity index (χ1v) is 7.69. The molecular formula is C18H20ClNO3. The average Bonchev–Trinajstić information content (AvgIpc) is 2.80. The Morgan fingerprint density at radius 1 is 1.48 bits per heavy atom. The summed E-state index contributed by atoms with van der Waals surface area (Å²) < 4.78 is 10.6. The number of rotatable bonds is 4. The van der Waals surface area contributed by atoms with Crippen molar-refractivity contribution in [2.24, 2.45) is 0 Å². The van der Waals surface area contributed by atoms with E-state index in [1.165, 1.54) is 7.11 Å². The normalized spacial score (nSPS) is 18.0. The Bertz CT molecular complexity index is 664. The Morgan fingerprint density at radius 3 is 2.96 bits per heavy atom. The van der Waals surface area contributed by atoms with Crippen LogP contribution in [0.1, 0.15) is 22.8 Å². The monoisotopic (exact) mass is 333 g/mol. The fraction of sp³-hybridized carbons (Fsp3) is 0.278. The maximum absolute atomic E-state index is 11.6. The van der Waals surface area contributed by atoms with Crippen molar-refractivity contribution in [2.75, 3.05) is 13.7 Å². The van der Waals surface area contributed by atoms with Gasteiger partial charge < -0.3 is 14.8 Å². The van der Waals surface area contributed by atoms with E-state index in [1.54, 1.807) is 18.2 Å². The number of hydrogen-bond donors (Lipinski definition) is 1. The van der Waals surface area contributed by atoms with Crippen molar-refractivity contribution in [3.05, 3.63) is 64.7 Å². The molecule has 1 atom stereocenters. The van der Waals surface area contributed by atoms with E-state index < -0.39 is 0 Å². The van der Waals surface area contributed by atoms with Crippen LogP contribution in [0.25, 0.3) is 0 Å². The molecule has 0 spiro atoms. The van der Waals surface area contributed by atoms with Gasteiger partial charge in [-0.15, -0.1) is 0 Å². The fourth-order valence-corrected chi connectivity index (χ4v) is 2.25. The van der Waals surface area contributed by atoms with Crippen LogP contribution in [0.15, 0.2) is 53.6 Å². The highest BCUT2D eigenvalue weighted by Gasteiger charge is 2.19. The van der Waals surface area contributed by atoms with Gasteiger partial charge in [-0.1, -0.05) is 36.4 Å². The molecule has 0 unspecified atom stereocenters. The standard InChI is InChI=1S/C18H20ClNO3/c1-4-15(19)8-5-12(2)16-11-23-17-9-13(18(21)22-3)6-7-14(17)10-20-16/h4-9,16,20H,2,10-11H2,1,3H3/b8-5-,15-4+/t16-/m1/s1. The Kier molecular flexibility index (Phi) is 6.02. The van der Waals surface area contributed by atoms with Crippen molar-refractivity contribution in [3.8, 4) is 5.75 Å². The zero-order chi connectivity index (χ0) is 16.8. The van der Waals surface area contributed by atoms with Gasteiger partial charge in [0.1, 0.15) is 12.4 Å². The van der Waals surface area contributed by atoms with Crippen LogP contribution in [0, 0.1) is 0 Å². The average molecular weight is 334 g/mol. The third kappa shape index (κ3) is 4.47. The minimum Gasteiger partial charge on any atom is -0.491 e. The molecule has 1 heterocycles. The van der Waals surface area contributed by atoms with E-state index in [4.69, 9.17) is 21.1 Å². The Morgan fingerprint density at radius 2 is 2.26 bits per heavy atom. The highest BCUT2D eigenvalue weighted by atomic mass is 35.5. The molecule has 0 saturated carbocycles. The Balaban J connectivity index is 2.09. The quantitative estimate of drug-likeness (QED) is 0.676. The SMILES string of the molecule is C=C(/C=C\C(Cl)=C/C)[C@H]1COc2cc(C(=O)OC)ccc2CN1. The molecule has 1 aliphatic heterocycles. The summed E-state index contributed by atoms with van der Waals surface area (Å²) in [6.07, 6.45) is 5.49. The summed E-state index contributed by atoms with van der Waals surface area (Å²) in [6, 6.07) is 5.28. The molecule has 1 aliphatic rings. The zero-order valence-electron chi connectivity index (χ0n) is 13.3. The fourth-order valence-electron chi connectivity index (χ4n) is 2.18. The summed E-state index contributed by atoms with van der Waals surface area (Å²) >= 11 is 5.95. The summed E-state index contributed by atoms with van der Waals surface area (Å²) in [5, 5.41) is 4.05. The van der Waals surface area contributed by atoms with Crippen LogP contribution < -0.4 is 10.1 Å². The van der Waals surface area contributed by atoms with Crippen LogP contribution in [-0.2, 0) is 11.3 Å². The molecule has 4 nitrogen and oxygen atoms in total. The summed E-state index contributed by atoms with van der Waals surface area (Å²) in [5.41, 5.74) is 2.35. The van der Waals surface area contributed by atoms with Gasteiger partial charge in [0.05, 0.1) is 18.7 Å². The topological polar surface area (TPSA) is 47.6 Å². The largest absolute Gasteiger partial charge is 0.491 e. The first-order chi connectivity index (χ1) is 11.0. The number of fused-ring (bicyclic) bond motifs is 1. The third-order valence-corrected chi connectivity index (χ3v) is 3.96. The summed E-state index contributed by atoms with van der Waals surface area (Å²) in [4.78, 5) is 11.6. The molecule has 5 heteroatoms. The van der Waals surface area contributed by atoms with Crippen molar-refractivity contribution in [1.82, 2.24) is 5.32 Å². The van der Waals surface area contributed by atoms with Gasteiger partial charge in [-0.3, -0.25) is 0 Å². The van der Waals surface area contributed by atoms with Crippen molar-refractivity contribution < 1.29 is 14.3 Å². The Labute approximate surface area is 141 Å². The van der Waals surface area contributed by atoms with Gasteiger partial charge in [0, 0.05) is 17.1 Å². The van der Waals surface area contributed by atoms with E-state index >= 15 is 0 Å². The van der Waals surface area contributed by atoms with Crippen LogP contribution >= 0.6 is 11.6 Å². The maximum Gasteiger partial charge on any atom is 0.337 e. The first-order valence-electron chi connectivity index (χ1n) is 7.31. The summed E-state index contributed by atoms with van der Waals surface area (Å²) in [5.74, 6) is 0.310. The van der Waals surface area contributed by atoms with Crippen molar-refractivity contribution in [1.29, 1.82) is 0 Å². The number of nitrogens with one attached hydrogen (secondary N) is 1. The van der Waals surface area contributed by atoms with E-state index in [0.717, 1.165) is 11.1 Å². The van der Waals surface area contributed by atoms with Gasteiger partial charge in [0.25, 0.3) is 0 Å². The molecule has 23 heavy (non-hydrogen) atoms. The lowest BCUT2D eigenvalue weighted by molar-refractivity contribution is 0.0600. The second kappa shape index (κ2) is 7.99. The van der Waals surface area contributed by atoms with Gasteiger partial charge in [-0.2, -0.15) is 0 Å². The molecular weight excluding hydrogens is 314 g/mol. The summed E-state index contributed by atoms with van der Waals surface area (Å²) in [6.45, 7) is 6.99. The van der Waals surface area contributed by atoms with Gasteiger partial charge in [-0.05, 0) is 30.7 Å². The number of ether oxygens (including phenoxy) is 2. The number of carbonyl (C=O) groups is 1. The minimum atomic E-state index is -0.376. The number of hydrogen-bond acceptors (Lipinski definition) is 4. The highest BCUT2D eigenvalue weighted by Crippen LogP contribution is 2.24. The first kappa shape index (κ1) is 17.3. The third-order valence-electron chi connectivity index (χ3n) is 3.61. The lowest BCUT2D eigenvalue weighted by atomic mass is 10.1. The van der Waals surface area contributed by atoms with Gasteiger partial charge in [0.2, 0.25) is 0 Å². The van der Waals surface area contributed by atoms with Crippen LogP contribution in [0.2, 0.25) is 0 Å². The van der Waals surface area contributed by atoms with Gasteiger partial charge in [-0.25, -0.2) is 4.79 Å². The molecule has 0 aliphatic carbocycles. The van der Waals surface area contributed by atoms with Crippen LogP contribution in [0.4, 0.5) is 0 Å². The minimum absolute atomic E-state index is 0.0263. The van der Waals surface area contributed by atoms with Crippen molar-refractivity contribution in [2.45, 2.75) is 19.5 Å². The number of methoxy groups -OCH3 is 1. The van der Waals surface area contributed by atoms with Gasteiger partial charge in [0.15, 0.2) is 0 Å². The van der Waals surface area contributed by atoms with E-state index in [2.05, 4.69) is 11.9 Å². The number of carbonyl (C=O) groups excluding carboxylic acids is 1. The predicted octanol–water partition coefficient (Wildman–Crippen LogP) is 3.58. The van der Waals surface area contributed by atoms with E-state index in [1.807, 2.05) is 25.1 Å². The molecule has 0 fully saturated rings. The number of allylic oxidation sites excluding steroid dienone is 3. The molecule has 0 saturated heterocycles. The second-order valence-electron chi connectivity index (χ2n) is 5.14. The molecule has 1 aromatic carbocycles. The van der Waals surface area contributed by atoms with Crippen LogP contribution in [-0.4, -0.2) is 25.7 Å². The van der Waals surface area contributed by atoms with E-state index in [0.29, 0.717) is 29.5 Å². The zero-order valence-corrected chi connectivity index (χ0v) is 14.0. The molecule has 122 valence electrons. The van der Waals surface area contributed by atoms with Crippen LogP contribution in [0.5, 0.6) is 5.75 Å². The van der Waals surface area contributed by atoms with E-state index in [-0.39, 0.29) is 12.0 Å². The smallest absolute Gasteiger partial charge is 0.337 e. The molecule has 0 radical (unpaired) electrons. The Hall–Kier alpha value is -2.04. The lowest BCUT2D eigenvalue weighted by Gasteiger charge is -2.15. The van der Waals surface area contributed by atoms with Gasteiger partial charge >= 0.3 is 5.97 Å². The second-order valence-corrected chi connectivity index (χ2v) is 5.58. The number of esters is 1. The molecule has 0 bridgehead atoms. The lowest BCUT2D eigenvalue weighted by Crippen LogP contribution is -2.33. The van der Waals surface area contributed by atoms with E-state index in [9.17, 15) is 4.79 Å². The number of benzene rings is 1. The molecule has 1 N–H and O–H groups in total. The molecule has 2 rings (SSSR count). The highest BCUT2D eigenvalue weighted by molar-refractivity contribution is 6.31. The van der Waals surface area contributed by atoms with Crippen LogP contribution in [0.3, 0.4) is 0 Å². The summed E-state index contributed by atoms with van der Waals surface area (Å²) in [7, 11) is 1.36. The molecule has 0 aromatic heterocycles. The molecule has 1 aromatic rings. The predicted molar refractivity (Wildman–Crippen MR) is 91.8 cm³/mol. The number of halogens is 1. The van der Waals surface area contributed by atoms with Crippen molar-refractivity contribution >= 4 is 17.6 Å². The molecule has 0 amide bonds. The van der Waals surface area contributed by atoms with Crippen molar-refractivity contribution in [3.63, 3.8) is 0 Å².